The van der Waals surface area contributed by atoms with Crippen molar-refractivity contribution in [3.63, 3.8) is 0 Å². The number of fused-ring (bicyclic) bond motifs is 1. The highest BCUT2D eigenvalue weighted by molar-refractivity contribution is 8.00. The number of amides is 1. The molecule has 1 aromatic heterocycles. The summed E-state index contributed by atoms with van der Waals surface area (Å²) in [6.45, 7) is 6.80. The van der Waals surface area contributed by atoms with E-state index in [-0.39, 0.29) is 17.2 Å². The molecule has 4 rings (SSSR count). The van der Waals surface area contributed by atoms with Crippen LogP contribution in [-0.4, -0.2) is 39.1 Å². The third-order valence-electron chi connectivity index (χ3n) is 5.46. The molecule has 0 aliphatic carbocycles. The van der Waals surface area contributed by atoms with Crippen molar-refractivity contribution in [3.8, 4) is 17.1 Å². The van der Waals surface area contributed by atoms with E-state index in [9.17, 15) is 4.79 Å². The van der Waals surface area contributed by atoms with E-state index in [1.807, 2.05) is 58.9 Å². The molecule has 1 amide bonds. The lowest BCUT2D eigenvalue weighted by Crippen LogP contribution is -2.40. The van der Waals surface area contributed by atoms with Crippen LogP contribution in [0.5, 0.6) is 5.75 Å². The second-order valence-corrected chi connectivity index (χ2v) is 8.71. The van der Waals surface area contributed by atoms with Gasteiger partial charge in [0.25, 0.3) is 0 Å². The van der Waals surface area contributed by atoms with Crippen LogP contribution in [-0.2, 0) is 17.8 Å². The van der Waals surface area contributed by atoms with Crippen molar-refractivity contribution in [2.24, 2.45) is 0 Å². The number of benzene rings is 2. The van der Waals surface area contributed by atoms with Crippen LogP contribution in [0, 0.1) is 0 Å². The van der Waals surface area contributed by atoms with Gasteiger partial charge in [0.15, 0.2) is 11.0 Å². The molecule has 2 heterocycles. The van der Waals surface area contributed by atoms with Gasteiger partial charge in [-0.15, -0.1) is 10.2 Å². The molecule has 0 bridgehead atoms. The topological polar surface area (TPSA) is 60.2 Å². The van der Waals surface area contributed by atoms with Crippen LogP contribution in [0.4, 0.5) is 5.69 Å². The molecule has 0 unspecified atom stereocenters. The van der Waals surface area contributed by atoms with E-state index in [0.29, 0.717) is 6.54 Å². The number of hydrogen-bond donors (Lipinski definition) is 0. The number of thioether (sulfide) groups is 1. The van der Waals surface area contributed by atoms with Crippen molar-refractivity contribution >= 4 is 23.4 Å². The summed E-state index contributed by atoms with van der Waals surface area (Å²) in [6, 6.07) is 16.1. The van der Waals surface area contributed by atoms with Gasteiger partial charge < -0.3 is 14.2 Å². The fourth-order valence-electron chi connectivity index (χ4n) is 4.00. The van der Waals surface area contributed by atoms with E-state index in [2.05, 4.69) is 30.1 Å². The number of ether oxygens (including phenoxy) is 1. The molecule has 0 saturated heterocycles. The van der Waals surface area contributed by atoms with E-state index in [4.69, 9.17) is 4.74 Å². The van der Waals surface area contributed by atoms with Gasteiger partial charge in [-0.1, -0.05) is 42.1 Å². The van der Waals surface area contributed by atoms with E-state index in [0.717, 1.165) is 34.4 Å². The van der Waals surface area contributed by atoms with Gasteiger partial charge >= 0.3 is 0 Å². The van der Waals surface area contributed by atoms with Crippen molar-refractivity contribution < 1.29 is 9.53 Å². The van der Waals surface area contributed by atoms with Gasteiger partial charge in [0.2, 0.25) is 5.91 Å². The molecule has 1 aliphatic rings. The highest BCUT2D eigenvalue weighted by Crippen LogP contribution is 2.36. The van der Waals surface area contributed by atoms with Crippen LogP contribution < -0.4 is 9.64 Å². The predicted molar refractivity (Wildman–Crippen MR) is 120 cm³/mol. The summed E-state index contributed by atoms with van der Waals surface area (Å²) in [4.78, 5) is 15.3. The molecular formula is C23H26N4O2S. The summed E-state index contributed by atoms with van der Waals surface area (Å²) in [5.74, 6) is 1.60. The molecule has 6 nitrogen and oxygen atoms in total. The van der Waals surface area contributed by atoms with Gasteiger partial charge in [-0.25, -0.2) is 0 Å². The molecule has 1 aliphatic heterocycles. The Morgan fingerprint density at radius 3 is 2.70 bits per heavy atom. The van der Waals surface area contributed by atoms with Gasteiger partial charge in [0.05, 0.1) is 17.9 Å². The number of para-hydroxylation sites is 2. The van der Waals surface area contributed by atoms with Crippen LogP contribution in [0.2, 0.25) is 0 Å². The average Bonchev–Trinajstić information content (AvgIpc) is 3.32. The molecule has 0 radical (unpaired) electrons. The molecule has 7 heteroatoms. The van der Waals surface area contributed by atoms with Crippen LogP contribution in [0.15, 0.2) is 53.7 Å². The summed E-state index contributed by atoms with van der Waals surface area (Å²) in [7, 11) is 1.65. The SMILES string of the molecule is CCn1c(S[C@H](C)C(=O)N2c3ccccc3C[C@H]2C)nnc1-c1ccccc1OC. The second kappa shape index (κ2) is 8.52. The number of carbonyl (C=O) groups is 1. The van der Waals surface area contributed by atoms with E-state index >= 15 is 0 Å². The van der Waals surface area contributed by atoms with Gasteiger partial charge in [-0.3, -0.25) is 4.79 Å². The predicted octanol–water partition coefficient (Wildman–Crippen LogP) is 4.43. The molecule has 2 aromatic carbocycles. The normalized spacial score (nSPS) is 16.4. The molecule has 2 atom stereocenters. The number of hydrogen-bond acceptors (Lipinski definition) is 5. The van der Waals surface area contributed by atoms with Crippen molar-refractivity contribution in [3.05, 3.63) is 54.1 Å². The van der Waals surface area contributed by atoms with Gasteiger partial charge in [-0.05, 0) is 51.0 Å². The number of rotatable bonds is 6. The minimum atomic E-state index is -0.279. The minimum absolute atomic E-state index is 0.0990. The zero-order valence-corrected chi connectivity index (χ0v) is 18.5. The monoisotopic (exact) mass is 422 g/mol. The Hall–Kier alpha value is -2.80. The first-order valence-electron chi connectivity index (χ1n) is 10.2. The summed E-state index contributed by atoms with van der Waals surface area (Å²) in [6.07, 6.45) is 0.891. The summed E-state index contributed by atoms with van der Waals surface area (Å²) in [5.41, 5.74) is 3.14. The molecule has 0 fully saturated rings. The Bertz CT molecular complexity index is 1060. The van der Waals surface area contributed by atoms with E-state index < -0.39 is 0 Å². The maximum absolute atomic E-state index is 13.3. The first-order chi connectivity index (χ1) is 14.5. The van der Waals surface area contributed by atoms with Gasteiger partial charge in [-0.2, -0.15) is 0 Å². The fourth-order valence-corrected chi connectivity index (χ4v) is 4.96. The molecule has 0 spiro atoms. The Labute approximate surface area is 181 Å². The zero-order chi connectivity index (χ0) is 21.3. The van der Waals surface area contributed by atoms with Crippen molar-refractivity contribution in [2.45, 2.75) is 50.2 Å². The van der Waals surface area contributed by atoms with Gasteiger partial charge in [0.1, 0.15) is 5.75 Å². The van der Waals surface area contributed by atoms with E-state index in [1.165, 1.54) is 17.3 Å². The lowest BCUT2D eigenvalue weighted by molar-refractivity contribution is -0.118. The Morgan fingerprint density at radius 2 is 1.93 bits per heavy atom. The maximum Gasteiger partial charge on any atom is 0.240 e. The third-order valence-corrected chi connectivity index (χ3v) is 6.52. The number of methoxy groups -OCH3 is 1. The van der Waals surface area contributed by atoms with Crippen molar-refractivity contribution in [1.29, 1.82) is 0 Å². The van der Waals surface area contributed by atoms with Crippen LogP contribution in [0.3, 0.4) is 0 Å². The molecule has 30 heavy (non-hydrogen) atoms. The highest BCUT2D eigenvalue weighted by atomic mass is 32.2. The zero-order valence-electron chi connectivity index (χ0n) is 17.7. The van der Waals surface area contributed by atoms with Crippen LogP contribution in [0.1, 0.15) is 26.3 Å². The number of anilines is 1. The molecule has 0 N–H and O–H groups in total. The lowest BCUT2D eigenvalue weighted by Gasteiger charge is -2.25. The quantitative estimate of drug-likeness (QED) is 0.550. The molecule has 156 valence electrons. The van der Waals surface area contributed by atoms with Crippen molar-refractivity contribution in [2.75, 3.05) is 12.0 Å². The number of aromatic nitrogens is 3. The standard InChI is InChI=1S/C23H26N4O2S/c1-5-26-21(18-11-7-9-13-20(18)29-4)24-25-23(26)30-16(3)22(28)27-15(2)14-17-10-6-8-12-19(17)27/h6-13,15-16H,5,14H2,1-4H3/t15-,16-/m1/s1. The summed E-state index contributed by atoms with van der Waals surface area (Å²) >= 11 is 1.45. The second-order valence-electron chi connectivity index (χ2n) is 7.40. The molecule has 0 saturated carbocycles. The smallest absolute Gasteiger partial charge is 0.240 e. The van der Waals surface area contributed by atoms with Crippen LogP contribution in [0.25, 0.3) is 11.4 Å². The van der Waals surface area contributed by atoms with Crippen molar-refractivity contribution in [1.82, 2.24) is 14.8 Å². The largest absolute Gasteiger partial charge is 0.496 e. The summed E-state index contributed by atoms with van der Waals surface area (Å²) < 4.78 is 7.53. The fraction of sp³-hybridized carbons (Fsp3) is 0.348. The first-order valence-corrected chi connectivity index (χ1v) is 11.1. The third kappa shape index (κ3) is 3.58. The lowest BCUT2D eigenvalue weighted by atomic mass is 10.1. The molecular weight excluding hydrogens is 396 g/mol. The first kappa shape index (κ1) is 20.5. The maximum atomic E-state index is 13.3. The minimum Gasteiger partial charge on any atom is -0.496 e. The van der Waals surface area contributed by atoms with E-state index in [1.54, 1.807) is 7.11 Å². The molecule has 3 aromatic rings. The highest BCUT2D eigenvalue weighted by Gasteiger charge is 2.34. The Balaban J connectivity index is 1.59. The average molecular weight is 423 g/mol. The number of carbonyl (C=O) groups excluding carboxylic acids is 1. The number of nitrogens with zero attached hydrogens (tertiary/aromatic N) is 4. The van der Waals surface area contributed by atoms with Gasteiger partial charge in [0, 0.05) is 18.3 Å². The summed E-state index contributed by atoms with van der Waals surface area (Å²) in [5, 5.41) is 9.27. The Kier molecular flexibility index (Phi) is 5.81. The van der Waals surface area contributed by atoms with Crippen LogP contribution >= 0.6 is 11.8 Å². The Morgan fingerprint density at radius 1 is 1.20 bits per heavy atom.